The predicted octanol–water partition coefficient (Wildman–Crippen LogP) is 1.48. The Morgan fingerprint density at radius 1 is 1.48 bits per heavy atom. The van der Waals surface area contributed by atoms with E-state index in [1.807, 2.05) is 0 Å². The molecule has 0 unspecified atom stereocenters. The van der Waals surface area contributed by atoms with Crippen LogP contribution in [-0.2, 0) is 4.74 Å². The average molecular weight is 362 g/mol. The minimum absolute atomic E-state index is 0.0668. The van der Waals surface area contributed by atoms with Gasteiger partial charge in [0, 0.05) is 6.42 Å². The fourth-order valence-corrected chi connectivity index (χ4v) is 2.68. The first-order chi connectivity index (χ1) is 12.1. The molecule has 0 bridgehead atoms. The molecule has 1 aromatic carbocycles. The van der Waals surface area contributed by atoms with Gasteiger partial charge in [-0.25, -0.2) is 0 Å². The SMILES string of the molecule is N#Cc1ccc(O[C@@H]2CCOC[C@H]2NC(=O)c2[nH]nc(N)c2Cl)cc1. The number of carbonyl (C=O) groups excluding carboxylic acids is 1. The van der Waals surface area contributed by atoms with Crippen molar-refractivity contribution in [3.63, 3.8) is 0 Å². The van der Waals surface area contributed by atoms with Crippen molar-refractivity contribution in [1.29, 1.82) is 5.26 Å². The first kappa shape index (κ1) is 17.1. The van der Waals surface area contributed by atoms with Crippen molar-refractivity contribution >= 4 is 23.3 Å². The number of rotatable bonds is 4. The van der Waals surface area contributed by atoms with E-state index in [0.29, 0.717) is 30.9 Å². The summed E-state index contributed by atoms with van der Waals surface area (Å²) < 4.78 is 11.4. The third-order valence-electron chi connectivity index (χ3n) is 3.84. The third kappa shape index (κ3) is 3.84. The molecular weight excluding hydrogens is 346 g/mol. The van der Waals surface area contributed by atoms with E-state index < -0.39 is 5.91 Å². The van der Waals surface area contributed by atoms with Crippen LogP contribution in [0.4, 0.5) is 5.82 Å². The maximum absolute atomic E-state index is 12.4. The number of amides is 1. The summed E-state index contributed by atoms with van der Waals surface area (Å²) in [5.74, 6) is 0.254. The normalized spacial score (nSPS) is 19.8. The maximum atomic E-state index is 12.4. The fraction of sp³-hybridized carbons (Fsp3) is 0.312. The molecule has 3 rings (SSSR count). The van der Waals surface area contributed by atoms with Crippen molar-refractivity contribution in [1.82, 2.24) is 15.5 Å². The summed E-state index contributed by atoms with van der Waals surface area (Å²) in [5.41, 5.74) is 6.19. The second-order valence-corrected chi connectivity index (χ2v) is 5.91. The zero-order chi connectivity index (χ0) is 17.8. The Morgan fingerprint density at radius 3 is 2.88 bits per heavy atom. The molecule has 1 saturated heterocycles. The minimum atomic E-state index is -0.432. The number of nitrogens with one attached hydrogen (secondary N) is 2. The summed E-state index contributed by atoms with van der Waals surface area (Å²) >= 11 is 5.95. The van der Waals surface area contributed by atoms with Crippen LogP contribution in [-0.4, -0.2) is 41.5 Å². The number of benzene rings is 1. The molecule has 2 aromatic rings. The molecule has 25 heavy (non-hydrogen) atoms. The summed E-state index contributed by atoms with van der Waals surface area (Å²) in [6.07, 6.45) is 0.341. The molecule has 9 heteroatoms. The number of nitriles is 1. The van der Waals surface area contributed by atoms with E-state index in [1.165, 1.54) is 0 Å². The number of H-pyrrole nitrogens is 1. The lowest BCUT2D eigenvalue weighted by atomic mass is 10.1. The number of anilines is 1. The van der Waals surface area contributed by atoms with Gasteiger partial charge < -0.3 is 20.5 Å². The van der Waals surface area contributed by atoms with Gasteiger partial charge in [0.15, 0.2) is 5.82 Å². The van der Waals surface area contributed by atoms with Gasteiger partial charge in [0.2, 0.25) is 0 Å². The van der Waals surface area contributed by atoms with E-state index in [0.717, 1.165) is 0 Å². The Balaban J connectivity index is 1.69. The van der Waals surface area contributed by atoms with Crippen LogP contribution in [0.5, 0.6) is 5.75 Å². The standard InChI is InChI=1S/C16H16ClN5O3/c17-13-14(21-22-15(13)19)16(23)20-11-8-24-6-5-12(11)25-10-3-1-9(7-18)2-4-10/h1-4,11-12H,5-6,8H2,(H,20,23)(H3,19,21,22)/t11-,12-/m1/s1. The van der Waals surface area contributed by atoms with Gasteiger partial charge in [-0.3, -0.25) is 9.89 Å². The molecule has 0 saturated carbocycles. The highest BCUT2D eigenvalue weighted by Crippen LogP contribution is 2.22. The largest absolute Gasteiger partial charge is 0.488 e. The summed E-state index contributed by atoms with van der Waals surface area (Å²) in [6, 6.07) is 8.49. The second kappa shape index (κ2) is 7.42. The number of nitrogens with two attached hydrogens (primary N) is 1. The summed E-state index contributed by atoms with van der Waals surface area (Å²) in [5, 5.41) is 18.0. The molecule has 2 heterocycles. The molecule has 1 aliphatic heterocycles. The van der Waals surface area contributed by atoms with Gasteiger partial charge in [0.25, 0.3) is 5.91 Å². The molecule has 4 N–H and O–H groups in total. The van der Waals surface area contributed by atoms with Crippen molar-refractivity contribution in [2.75, 3.05) is 18.9 Å². The minimum Gasteiger partial charge on any atom is -0.488 e. The third-order valence-corrected chi connectivity index (χ3v) is 4.22. The van der Waals surface area contributed by atoms with E-state index in [1.54, 1.807) is 24.3 Å². The van der Waals surface area contributed by atoms with Gasteiger partial charge in [-0.05, 0) is 24.3 Å². The van der Waals surface area contributed by atoms with E-state index in [9.17, 15) is 4.79 Å². The number of hydrogen-bond acceptors (Lipinski definition) is 6. The molecule has 0 aliphatic carbocycles. The predicted molar refractivity (Wildman–Crippen MR) is 90.3 cm³/mol. The first-order valence-corrected chi connectivity index (χ1v) is 8.01. The van der Waals surface area contributed by atoms with Gasteiger partial charge in [0.05, 0.1) is 30.9 Å². The monoisotopic (exact) mass is 361 g/mol. The quantitative estimate of drug-likeness (QED) is 0.757. The summed E-state index contributed by atoms with van der Waals surface area (Å²) in [6.45, 7) is 0.846. The van der Waals surface area contributed by atoms with Crippen LogP contribution in [0, 0.1) is 11.3 Å². The van der Waals surface area contributed by atoms with Crippen molar-refractivity contribution in [3.8, 4) is 11.8 Å². The second-order valence-electron chi connectivity index (χ2n) is 5.53. The number of halogens is 1. The highest BCUT2D eigenvalue weighted by molar-refractivity contribution is 6.35. The Morgan fingerprint density at radius 2 is 2.24 bits per heavy atom. The van der Waals surface area contributed by atoms with Crippen molar-refractivity contribution in [3.05, 3.63) is 40.5 Å². The summed E-state index contributed by atoms with van der Waals surface area (Å²) in [7, 11) is 0. The molecular formula is C16H16ClN5O3. The maximum Gasteiger partial charge on any atom is 0.271 e. The number of aromatic amines is 1. The lowest BCUT2D eigenvalue weighted by Gasteiger charge is -2.32. The molecule has 1 aliphatic rings. The van der Waals surface area contributed by atoms with Crippen LogP contribution in [0.2, 0.25) is 5.02 Å². The van der Waals surface area contributed by atoms with Gasteiger partial charge in [-0.15, -0.1) is 0 Å². The van der Waals surface area contributed by atoms with Gasteiger partial charge in [-0.1, -0.05) is 11.6 Å². The van der Waals surface area contributed by atoms with E-state index in [2.05, 4.69) is 21.6 Å². The number of carbonyl (C=O) groups is 1. The lowest BCUT2D eigenvalue weighted by molar-refractivity contribution is -0.00294. The van der Waals surface area contributed by atoms with Crippen molar-refractivity contribution in [2.24, 2.45) is 0 Å². The Hall–Kier alpha value is -2.76. The van der Waals surface area contributed by atoms with Crippen LogP contribution in [0.3, 0.4) is 0 Å². The number of aromatic nitrogens is 2. The number of nitrogens with zero attached hydrogens (tertiary/aromatic N) is 2. The Bertz CT molecular complexity index is 799. The number of hydrogen-bond donors (Lipinski definition) is 3. The first-order valence-electron chi connectivity index (χ1n) is 7.63. The van der Waals surface area contributed by atoms with Gasteiger partial charge in [0.1, 0.15) is 22.6 Å². The van der Waals surface area contributed by atoms with Crippen LogP contribution < -0.4 is 15.8 Å². The molecule has 2 atom stereocenters. The molecule has 130 valence electrons. The molecule has 1 amide bonds. The number of ether oxygens (including phenoxy) is 2. The van der Waals surface area contributed by atoms with Crippen LogP contribution in [0.1, 0.15) is 22.5 Å². The van der Waals surface area contributed by atoms with Gasteiger partial charge in [-0.2, -0.15) is 10.4 Å². The van der Waals surface area contributed by atoms with Crippen molar-refractivity contribution in [2.45, 2.75) is 18.6 Å². The fourth-order valence-electron chi connectivity index (χ4n) is 2.51. The lowest BCUT2D eigenvalue weighted by Crippen LogP contribution is -2.52. The Labute approximate surface area is 148 Å². The number of nitrogen functional groups attached to an aromatic ring is 1. The van der Waals surface area contributed by atoms with Crippen LogP contribution >= 0.6 is 11.6 Å². The summed E-state index contributed by atoms with van der Waals surface area (Å²) in [4.78, 5) is 12.4. The van der Waals surface area contributed by atoms with E-state index >= 15 is 0 Å². The van der Waals surface area contributed by atoms with Crippen LogP contribution in [0.25, 0.3) is 0 Å². The highest BCUT2D eigenvalue weighted by Gasteiger charge is 2.30. The van der Waals surface area contributed by atoms with E-state index in [4.69, 9.17) is 32.1 Å². The van der Waals surface area contributed by atoms with Crippen LogP contribution in [0.15, 0.2) is 24.3 Å². The smallest absolute Gasteiger partial charge is 0.271 e. The molecule has 1 fully saturated rings. The van der Waals surface area contributed by atoms with Crippen molar-refractivity contribution < 1.29 is 14.3 Å². The molecule has 1 aromatic heterocycles. The Kier molecular flexibility index (Phi) is 5.07. The highest BCUT2D eigenvalue weighted by atomic mass is 35.5. The zero-order valence-corrected chi connectivity index (χ0v) is 13.9. The molecule has 0 radical (unpaired) electrons. The van der Waals surface area contributed by atoms with E-state index in [-0.39, 0.29) is 28.7 Å². The topological polar surface area (TPSA) is 126 Å². The zero-order valence-electron chi connectivity index (χ0n) is 13.2. The average Bonchev–Trinajstić information content (AvgIpc) is 2.96. The molecule has 0 spiro atoms. The molecule has 8 nitrogen and oxygen atoms in total. The van der Waals surface area contributed by atoms with Gasteiger partial charge >= 0.3 is 0 Å².